The molecular weight excluding hydrogens is 513 g/mol. The van der Waals surface area contributed by atoms with E-state index in [2.05, 4.69) is 61.9 Å². The van der Waals surface area contributed by atoms with Crippen LogP contribution in [0.25, 0.3) is 0 Å². The lowest BCUT2D eigenvalue weighted by atomic mass is 10.1. The number of nitrogens with two attached hydrogens (primary N) is 1. The van der Waals surface area contributed by atoms with Gasteiger partial charge in [-0.25, -0.2) is 9.98 Å². The van der Waals surface area contributed by atoms with Gasteiger partial charge in [-0.3, -0.25) is 0 Å². The summed E-state index contributed by atoms with van der Waals surface area (Å²) in [6.45, 7) is 5.09. The number of ether oxygens (including phenoxy) is 1. The molecule has 0 amide bonds. The third-order valence-corrected chi connectivity index (χ3v) is 6.46. The summed E-state index contributed by atoms with van der Waals surface area (Å²) in [7, 11) is 0. The molecule has 1 aliphatic rings. The molecule has 196 valence electrons. The average molecular weight is 539 g/mol. The second-order valence-corrected chi connectivity index (χ2v) is 9.35. The van der Waals surface area contributed by atoms with Gasteiger partial charge in [0, 0.05) is 23.5 Å². The second-order valence-electron chi connectivity index (χ2n) is 8.29. The Morgan fingerprint density at radius 1 is 1.00 bits per heavy atom. The van der Waals surface area contributed by atoms with Crippen molar-refractivity contribution in [2.24, 2.45) is 25.9 Å². The summed E-state index contributed by atoms with van der Waals surface area (Å²) in [4.78, 5) is 10.4. The SMILES string of the molecule is Cc1cccc(C)c1N1CCS/C1=N/N=C\c1ccc(C(N)=NC=Nc2ccc(OC(F)(F)F)cc2)cc1. The van der Waals surface area contributed by atoms with Crippen molar-refractivity contribution in [2.45, 2.75) is 20.2 Å². The minimum atomic E-state index is -4.74. The summed E-state index contributed by atoms with van der Waals surface area (Å²) in [5, 5.41) is 9.61. The number of halogens is 3. The average Bonchev–Trinajstić information content (AvgIpc) is 3.32. The number of nitrogens with zero attached hydrogens (tertiary/aromatic N) is 5. The number of hydrogen-bond donors (Lipinski definition) is 1. The van der Waals surface area contributed by atoms with Crippen LogP contribution in [0, 0.1) is 13.8 Å². The fourth-order valence-electron chi connectivity index (χ4n) is 3.77. The fourth-order valence-corrected chi connectivity index (χ4v) is 4.67. The molecule has 7 nitrogen and oxygen atoms in total. The molecule has 0 unspecified atom stereocenters. The summed E-state index contributed by atoms with van der Waals surface area (Å²) in [6.07, 6.45) is -1.82. The molecule has 0 radical (unpaired) electrons. The first kappa shape index (κ1) is 26.9. The predicted molar refractivity (Wildman–Crippen MR) is 149 cm³/mol. The lowest BCUT2D eigenvalue weighted by molar-refractivity contribution is -0.274. The van der Waals surface area contributed by atoms with Crippen molar-refractivity contribution >= 4 is 46.7 Å². The normalized spacial score (nSPS) is 15.8. The summed E-state index contributed by atoms with van der Waals surface area (Å²) < 4.78 is 40.6. The van der Waals surface area contributed by atoms with E-state index in [9.17, 15) is 13.2 Å². The molecular formula is C27H25F3N6OS. The maximum absolute atomic E-state index is 12.2. The first-order valence-electron chi connectivity index (χ1n) is 11.6. The largest absolute Gasteiger partial charge is 0.573 e. The molecule has 0 spiro atoms. The van der Waals surface area contributed by atoms with E-state index < -0.39 is 6.36 Å². The molecule has 1 saturated heterocycles. The Kier molecular flexibility index (Phi) is 8.47. The van der Waals surface area contributed by atoms with Crippen LogP contribution in [0.3, 0.4) is 0 Å². The van der Waals surface area contributed by atoms with Crippen LogP contribution in [-0.4, -0.2) is 42.2 Å². The van der Waals surface area contributed by atoms with Crippen LogP contribution in [0.2, 0.25) is 0 Å². The van der Waals surface area contributed by atoms with Gasteiger partial charge in [0.15, 0.2) is 5.17 Å². The fraction of sp³-hybridized carbons (Fsp3) is 0.185. The van der Waals surface area contributed by atoms with Gasteiger partial charge in [0.25, 0.3) is 0 Å². The molecule has 0 atom stereocenters. The molecule has 0 bridgehead atoms. The highest BCUT2D eigenvalue weighted by Crippen LogP contribution is 2.31. The zero-order valence-electron chi connectivity index (χ0n) is 20.7. The van der Waals surface area contributed by atoms with E-state index in [-0.39, 0.29) is 11.6 Å². The van der Waals surface area contributed by atoms with E-state index >= 15 is 0 Å². The molecule has 3 aromatic rings. The van der Waals surface area contributed by atoms with Crippen LogP contribution in [0.4, 0.5) is 24.5 Å². The first-order valence-corrected chi connectivity index (χ1v) is 12.6. The van der Waals surface area contributed by atoms with Gasteiger partial charge in [-0.2, -0.15) is 5.10 Å². The quantitative estimate of drug-likeness (QED) is 0.220. The van der Waals surface area contributed by atoms with Crippen molar-refractivity contribution in [2.75, 3.05) is 17.2 Å². The molecule has 0 aliphatic carbocycles. The number of benzene rings is 3. The Bertz CT molecular complexity index is 1360. The van der Waals surface area contributed by atoms with Gasteiger partial charge >= 0.3 is 6.36 Å². The van der Waals surface area contributed by atoms with Crippen molar-refractivity contribution in [3.8, 4) is 5.75 Å². The molecule has 3 aromatic carbocycles. The monoisotopic (exact) mass is 538 g/mol. The van der Waals surface area contributed by atoms with Gasteiger partial charge in [0.05, 0.1) is 11.9 Å². The van der Waals surface area contributed by atoms with Gasteiger partial charge in [-0.05, 0) is 54.8 Å². The van der Waals surface area contributed by atoms with Crippen molar-refractivity contribution in [1.82, 2.24) is 0 Å². The van der Waals surface area contributed by atoms with Crippen molar-refractivity contribution in [3.63, 3.8) is 0 Å². The predicted octanol–water partition coefficient (Wildman–Crippen LogP) is 6.21. The smallest absolute Gasteiger partial charge is 0.406 e. The van der Waals surface area contributed by atoms with E-state index in [0.29, 0.717) is 11.3 Å². The van der Waals surface area contributed by atoms with E-state index in [1.54, 1.807) is 30.1 Å². The molecule has 4 rings (SSSR count). The van der Waals surface area contributed by atoms with Gasteiger partial charge in [0.2, 0.25) is 0 Å². The topological polar surface area (TPSA) is 87.9 Å². The Morgan fingerprint density at radius 3 is 2.34 bits per heavy atom. The Labute approximate surface area is 222 Å². The highest BCUT2D eigenvalue weighted by atomic mass is 32.2. The van der Waals surface area contributed by atoms with Gasteiger partial charge in [-0.1, -0.05) is 54.2 Å². The minimum absolute atomic E-state index is 0.237. The number of aryl methyl sites for hydroxylation is 2. The third kappa shape index (κ3) is 7.22. The zero-order valence-corrected chi connectivity index (χ0v) is 21.5. The summed E-state index contributed by atoms with van der Waals surface area (Å²) in [5.41, 5.74) is 11.6. The number of thioether (sulfide) groups is 1. The van der Waals surface area contributed by atoms with Crippen LogP contribution in [0.5, 0.6) is 5.75 Å². The Morgan fingerprint density at radius 2 is 1.68 bits per heavy atom. The van der Waals surface area contributed by atoms with Crippen molar-refractivity contribution < 1.29 is 17.9 Å². The van der Waals surface area contributed by atoms with Gasteiger partial charge in [0.1, 0.15) is 17.9 Å². The summed E-state index contributed by atoms with van der Waals surface area (Å²) in [5.74, 6) is 0.868. The minimum Gasteiger partial charge on any atom is -0.406 e. The number of alkyl halides is 3. The molecule has 0 aromatic heterocycles. The number of para-hydroxylation sites is 1. The van der Waals surface area contributed by atoms with Crippen LogP contribution < -0.4 is 15.4 Å². The van der Waals surface area contributed by atoms with Crippen LogP contribution in [0.1, 0.15) is 22.3 Å². The Hall–Kier alpha value is -4.12. The number of rotatable bonds is 7. The third-order valence-electron chi connectivity index (χ3n) is 5.52. The number of amidine groups is 2. The molecule has 0 saturated carbocycles. The van der Waals surface area contributed by atoms with Crippen molar-refractivity contribution in [1.29, 1.82) is 0 Å². The molecule has 2 N–H and O–H groups in total. The Balaban J connectivity index is 1.37. The van der Waals surface area contributed by atoms with E-state index in [1.807, 2.05) is 12.1 Å². The number of hydrogen-bond acceptors (Lipinski definition) is 5. The van der Waals surface area contributed by atoms with E-state index in [0.717, 1.165) is 23.0 Å². The summed E-state index contributed by atoms with van der Waals surface area (Å²) >= 11 is 1.68. The van der Waals surface area contributed by atoms with E-state index in [4.69, 9.17) is 5.73 Å². The first-order chi connectivity index (χ1) is 18.2. The van der Waals surface area contributed by atoms with Crippen molar-refractivity contribution in [3.05, 3.63) is 89.0 Å². The number of anilines is 1. The zero-order chi connectivity index (χ0) is 27.1. The number of aliphatic imine (C=N–C) groups is 2. The van der Waals surface area contributed by atoms with E-state index in [1.165, 1.54) is 47.4 Å². The maximum Gasteiger partial charge on any atom is 0.573 e. The highest BCUT2D eigenvalue weighted by molar-refractivity contribution is 8.14. The molecule has 1 heterocycles. The van der Waals surface area contributed by atoms with Gasteiger partial charge in [-0.15, -0.1) is 18.3 Å². The standard InChI is InChI=1S/C27H25F3N6OS/c1-18-4-3-5-19(2)24(18)36-14-15-38-26(36)35-34-16-20-6-8-21(9-7-20)25(31)33-17-32-22-10-12-23(13-11-22)37-27(28,29)30/h3-13,16-17H,14-15H2,1-2H3,(H2,31,32,33)/b34-16-,35-26+. The molecule has 1 fully saturated rings. The van der Waals surface area contributed by atoms with Crippen LogP contribution in [-0.2, 0) is 0 Å². The van der Waals surface area contributed by atoms with Crippen LogP contribution >= 0.6 is 11.8 Å². The summed E-state index contributed by atoms with van der Waals surface area (Å²) in [6, 6.07) is 18.7. The van der Waals surface area contributed by atoms with Gasteiger partial charge < -0.3 is 15.4 Å². The van der Waals surface area contributed by atoms with Crippen LogP contribution in [0.15, 0.2) is 86.9 Å². The molecule has 1 aliphatic heterocycles. The highest BCUT2D eigenvalue weighted by Gasteiger charge is 2.31. The maximum atomic E-state index is 12.2. The molecule has 38 heavy (non-hydrogen) atoms. The lowest BCUT2D eigenvalue weighted by Gasteiger charge is -2.21. The molecule has 11 heteroatoms. The second kappa shape index (κ2) is 12.0. The lowest BCUT2D eigenvalue weighted by Crippen LogP contribution is -2.25.